The van der Waals surface area contributed by atoms with Crippen LogP contribution < -0.4 is 0 Å². The average Bonchev–Trinajstić information content (AvgIpc) is 2.98. The van der Waals surface area contributed by atoms with Crippen LogP contribution in [-0.4, -0.2) is 24.6 Å². The number of carbonyl (C=O) groups is 3. The molecule has 4 aliphatic carbocycles. The van der Waals surface area contributed by atoms with Crippen LogP contribution in [0.25, 0.3) is 0 Å². The zero-order valence-corrected chi connectivity index (χ0v) is 17.3. The maximum atomic E-state index is 12.1. The van der Waals surface area contributed by atoms with Crippen molar-refractivity contribution >= 4 is 18.0 Å². The van der Waals surface area contributed by atoms with Crippen molar-refractivity contribution in [2.45, 2.75) is 65.7 Å². The van der Waals surface area contributed by atoms with Gasteiger partial charge < -0.3 is 9.53 Å². The predicted octanol–water partition coefficient (Wildman–Crippen LogP) is 4.43. The average molecular weight is 385 g/mol. The summed E-state index contributed by atoms with van der Waals surface area (Å²) in [6.07, 6.45) is 11.2. The smallest absolute Gasteiger partial charge is 0.330 e. The van der Waals surface area contributed by atoms with E-state index in [2.05, 4.69) is 13.8 Å². The lowest BCUT2D eigenvalue weighted by atomic mass is 9.45. The number of fused-ring (bicyclic) bond motifs is 5. The molecule has 3 saturated carbocycles. The van der Waals surface area contributed by atoms with Crippen molar-refractivity contribution in [1.82, 2.24) is 0 Å². The third-order valence-electron chi connectivity index (χ3n) is 8.64. The maximum Gasteiger partial charge on any atom is 0.330 e. The normalized spacial score (nSPS) is 43.6. The Hall–Kier alpha value is -1.71. The molecule has 0 amide bonds. The largest absolute Gasteiger partial charge is 0.463 e. The molecule has 1 unspecified atom stereocenters. The van der Waals surface area contributed by atoms with Crippen LogP contribution in [0.1, 0.15) is 65.7 Å². The van der Waals surface area contributed by atoms with Crippen molar-refractivity contribution in [3.63, 3.8) is 0 Å². The van der Waals surface area contributed by atoms with Gasteiger partial charge in [-0.1, -0.05) is 25.0 Å². The molecule has 4 heteroatoms. The summed E-state index contributed by atoms with van der Waals surface area (Å²) in [5.41, 5.74) is 2.34. The highest BCUT2D eigenvalue weighted by Crippen LogP contribution is 2.67. The Morgan fingerprint density at radius 3 is 2.64 bits per heavy atom. The molecule has 0 bridgehead atoms. The number of ketones is 1. The molecule has 0 radical (unpaired) electrons. The van der Waals surface area contributed by atoms with Gasteiger partial charge >= 0.3 is 5.97 Å². The van der Waals surface area contributed by atoms with Crippen LogP contribution in [0.4, 0.5) is 0 Å². The second-order valence-corrected chi connectivity index (χ2v) is 9.76. The zero-order valence-electron chi connectivity index (χ0n) is 17.3. The van der Waals surface area contributed by atoms with E-state index >= 15 is 0 Å². The van der Waals surface area contributed by atoms with E-state index in [0.29, 0.717) is 30.8 Å². The molecule has 28 heavy (non-hydrogen) atoms. The van der Waals surface area contributed by atoms with E-state index in [-0.39, 0.29) is 28.5 Å². The van der Waals surface area contributed by atoms with E-state index in [0.717, 1.165) is 50.4 Å². The first kappa shape index (κ1) is 19.6. The molecule has 0 N–H and O–H groups in total. The van der Waals surface area contributed by atoms with Gasteiger partial charge in [-0.15, -0.1) is 0 Å². The molecule has 4 aliphatic rings. The molecule has 4 rings (SSSR count). The number of aldehydes is 1. The number of hydrogen-bond donors (Lipinski definition) is 0. The van der Waals surface area contributed by atoms with Crippen molar-refractivity contribution in [2.24, 2.45) is 34.5 Å². The molecule has 0 spiro atoms. The molecule has 0 saturated heterocycles. The summed E-state index contributed by atoms with van der Waals surface area (Å²) < 4.78 is 5.17. The van der Waals surface area contributed by atoms with Crippen molar-refractivity contribution in [1.29, 1.82) is 0 Å². The van der Waals surface area contributed by atoms with Gasteiger partial charge in [-0.3, -0.25) is 4.79 Å². The van der Waals surface area contributed by atoms with Gasteiger partial charge in [0.05, 0.1) is 6.61 Å². The van der Waals surface area contributed by atoms with Crippen molar-refractivity contribution in [2.75, 3.05) is 6.61 Å². The fraction of sp³-hybridized carbons (Fsp3) is 0.708. The predicted molar refractivity (Wildman–Crippen MR) is 106 cm³/mol. The number of ether oxygens (including phenoxy) is 1. The first-order valence-electron chi connectivity index (χ1n) is 10.9. The van der Waals surface area contributed by atoms with Gasteiger partial charge in [0.2, 0.25) is 0 Å². The third-order valence-corrected chi connectivity index (χ3v) is 8.64. The van der Waals surface area contributed by atoms with Gasteiger partial charge in [0.1, 0.15) is 6.29 Å². The molecule has 0 aromatic carbocycles. The Morgan fingerprint density at radius 2 is 1.93 bits per heavy atom. The van der Waals surface area contributed by atoms with E-state index < -0.39 is 0 Å². The lowest BCUT2D eigenvalue weighted by Gasteiger charge is -2.58. The van der Waals surface area contributed by atoms with E-state index in [1.54, 1.807) is 12.2 Å². The zero-order chi connectivity index (χ0) is 20.1. The van der Waals surface area contributed by atoms with Gasteiger partial charge in [-0.25, -0.2) is 4.79 Å². The van der Waals surface area contributed by atoms with Crippen molar-refractivity contribution in [3.05, 3.63) is 23.3 Å². The summed E-state index contributed by atoms with van der Waals surface area (Å²) in [5, 5.41) is 0. The molecule has 0 aromatic heterocycles. The minimum absolute atomic E-state index is 0.0304. The molecule has 0 heterocycles. The topological polar surface area (TPSA) is 60.4 Å². The number of esters is 1. The molecule has 4 nitrogen and oxygen atoms in total. The Bertz CT molecular complexity index is 763. The molecule has 152 valence electrons. The van der Waals surface area contributed by atoms with Gasteiger partial charge in [0.25, 0.3) is 0 Å². The first-order valence-corrected chi connectivity index (χ1v) is 10.9. The summed E-state index contributed by atoms with van der Waals surface area (Å²) in [6, 6.07) is 0. The molecule has 0 aliphatic heterocycles. The monoisotopic (exact) mass is 384 g/mol. The Morgan fingerprint density at radius 1 is 1.18 bits per heavy atom. The highest BCUT2D eigenvalue weighted by molar-refractivity contribution is 5.92. The number of rotatable bonds is 3. The molecule has 0 aromatic rings. The Labute approximate surface area is 167 Å². The third kappa shape index (κ3) is 2.83. The number of hydrogen-bond acceptors (Lipinski definition) is 4. The summed E-state index contributed by atoms with van der Waals surface area (Å²) in [6.45, 7) is 6.86. The second kappa shape index (κ2) is 6.96. The standard InChI is InChI=1S/C24H32O4/c1-4-28-22(27)12-16-5-6-19-18-11-15(14-25)21-13-17(26)7-9-24(21,3)20(18)8-10-23(16,19)2/h12-15,18-20H,4-11H2,1-3H3/t15?,18-,19-,20-,23+,24+/m0/s1. The van der Waals surface area contributed by atoms with Crippen molar-refractivity contribution < 1.29 is 19.1 Å². The van der Waals surface area contributed by atoms with Gasteiger partial charge in [0, 0.05) is 18.4 Å². The van der Waals surface area contributed by atoms with Gasteiger partial charge in [-0.05, 0) is 80.1 Å². The second-order valence-electron chi connectivity index (χ2n) is 9.76. The highest BCUT2D eigenvalue weighted by Gasteiger charge is 2.59. The van der Waals surface area contributed by atoms with Crippen LogP contribution in [0.2, 0.25) is 0 Å². The summed E-state index contributed by atoms with van der Waals surface area (Å²) in [4.78, 5) is 36.1. The minimum atomic E-state index is -0.223. The van der Waals surface area contributed by atoms with Crippen LogP contribution in [0.5, 0.6) is 0 Å². The summed E-state index contributed by atoms with van der Waals surface area (Å²) in [7, 11) is 0. The van der Waals surface area contributed by atoms with Crippen LogP contribution in [0.15, 0.2) is 23.3 Å². The van der Waals surface area contributed by atoms with E-state index in [1.807, 2.05) is 6.92 Å². The van der Waals surface area contributed by atoms with E-state index in [4.69, 9.17) is 4.74 Å². The number of allylic oxidation sites excluding steroid dienone is 2. The Kier molecular flexibility index (Phi) is 4.87. The van der Waals surface area contributed by atoms with Crippen LogP contribution in [-0.2, 0) is 19.1 Å². The summed E-state index contributed by atoms with van der Waals surface area (Å²) >= 11 is 0. The molecule has 3 fully saturated rings. The van der Waals surface area contributed by atoms with E-state index in [1.165, 1.54) is 5.57 Å². The fourth-order valence-corrected chi connectivity index (χ4v) is 7.24. The Balaban J connectivity index is 1.67. The maximum absolute atomic E-state index is 12.1. The van der Waals surface area contributed by atoms with Gasteiger partial charge in [0.15, 0.2) is 5.78 Å². The highest BCUT2D eigenvalue weighted by atomic mass is 16.5. The summed E-state index contributed by atoms with van der Waals surface area (Å²) in [5.74, 6) is 1.35. The number of carbonyl (C=O) groups excluding carboxylic acids is 3. The van der Waals surface area contributed by atoms with Crippen LogP contribution >= 0.6 is 0 Å². The lowest BCUT2D eigenvalue weighted by Crippen LogP contribution is -2.52. The molecular weight excluding hydrogens is 352 g/mol. The molecular formula is C24H32O4. The minimum Gasteiger partial charge on any atom is -0.463 e. The fourth-order valence-electron chi connectivity index (χ4n) is 7.24. The van der Waals surface area contributed by atoms with Crippen molar-refractivity contribution in [3.8, 4) is 0 Å². The SMILES string of the molecule is CCOC(=O)C=C1CC[C@H]2[C@@H]3CC(C=O)C4=CC(=O)CC[C@]4(C)[C@H]3CC[C@]12C. The van der Waals surface area contributed by atoms with Gasteiger partial charge in [-0.2, -0.15) is 0 Å². The van der Waals surface area contributed by atoms with Crippen LogP contribution in [0.3, 0.4) is 0 Å². The quantitative estimate of drug-likeness (QED) is 0.410. The molecule has 6 atom stereocenters. The first-order chi connectivity index (χ1) is 13.3. The lowest BCUT2D eigenvalue weighted by molar-refractivity contribution is -0.137. The van der Waals surface area contributed by atoms with Crippen LogP contribution in [0, 0.1) is 34.5 Å². The van der Waals surface area contributed by atoms with E-state index in [9.17, 15) is 14.4 Å².